The van der Waals surface area contributed by atoms with Crippen LogP contribution in [0.3, 0.4) is 0 Å². The number of nitrogens with zero attached hydrogens (tertiary/aromatic N) is 1. The third-order valence-electron chi connectivity index (χ3n) is 1.37. The number of nitrogens with two attached hydrogens (primary N) is 1. The average Bonchev–Trinajstić information content (AvgIpc) is 1.82. The van der Waals surface area contributed by atoms with Crippen LogP contribution in [0.25, 0.3) is 0 Å². The van der Waals surface area contributed by atoms with Gasteiger partial charge in [0.1, 0.15) is 0 Å². The van der Waals surface area contributed by atoms with Gasteiger partial charge in [0.25, 0.3) is 0 Å². The SMILES string of the molecule is CC1(C)CN=C(N)C1.Cl. The van der Waals surface area contributed by atoms with Gasteiger partial charge in [-0.05, 0) is 5.41 Å². The minimum absolute atomic E-state index is 0. The van der Waals surface area contributed by atoms with Gasteiger partial charge in [-0.1, -0.05) is 13.8 Å². The van der Waals surface area contributed by atoms with Gasteiger partial charge in [0.15, 0.2) is 0 Å². The molecule has 0 aromatic heterocycles. The first-order valence-corrected chi connectivity index (χ1v) is 2.89. The number of amidine groups is 1. The zero-order chi connectivity index (χ0) is 6.20. The number of halogens is 1. The molecule has 0 unspecified atom stereocenters. The Hall–Kier alpha value is -0.240. The smallest absolute Gasteiger partial charge is 0.0943 e. The molecule has 0 aromatic carbocycles. The summed E-state index contributed by atoms with van der Waals surface area (Å²) < 4.78 is 0. The zero-order valence-corrected chi connectivity index (χ0v) is 6.66. The quantitative estimate of drug-likeness (QED) is 0.551. The highest BCUT2D eigenvalue weighted by Crippen LogP contribution is 2.24. The molecule has 0 amide bonds. The normalized spacial score (nSPS) is 22.7. The van der Waals surface area contributed by atoms with E-state index in [1.54, 1.807) is 0 Å². The molecule has 0 atom stereocenters. The number of aliphatic imine (C=N–C) groups is 1. The Morgan fingerprint density at radius 2 is 2.11 bits per heavy atom. The van der Waals surface area contributed by atoms with Crippen molar-refractivity contribution in [2.45, 2.75) is 20.3 Å². The number of hydrogen-bond acceptors (Lipinski definition) is 2. The van der Waals surface area contributed by atoms with Crippen LogP contribution in [0.4, 0.5) is 0 Å². The van der Waals surface area contributed by atoms with E-state index in [1.807, 2.05) is 0 Å². The molecule has 1 aliphatic heterocycles. The fraction of sp³-hybridized carbons (Fsp3) is 0.833. The molecule has 0 saturated heterocycles. The van der Waals surface area contributed by atoms with Crippen LogP contribution in [0.5, 0.6) is 0 Å². The van der Waals surface area contributed by atoms with Crippen LogP contribution in [0.1, 0.15) is 20.3 Å². The van der Waals surface area contributed by atoms with Crippen LogP contribution in [0.2, 0.25) is 0 Å². The van der Waals surface area contributed by atoms with Gasteiger partial charge in [0.05, 0.1) is 5.84 Å². The van der Waals surface area contributed by atoms with Crippen molar-refractivity contribution in [3.05, 3.63) is 0 Å². The van der Waals surface area contributed by atoms with E-state index in [-0.39, 0.29) is 12.4 Å². The van der Waals surface area contributed by atoms with E-state index in [2.05, 4.69) is 18.8 Å². The Balaban J connectivity index is 0.000000640. The molecule has 0 aliphatic carbocycles. The highest BCUT2D eigenvalue weighted by molar-refractivity contribution is 5.85. The highest BCUT2D eigenvalue weighted by Gasteiger charge is 2.23. The van der Waals surface area contributed by atoms with E-state index in [1.165, 1.54) is 0 Å². The van der Waals surface area contributed by atoms with Crippen molar-refractivity contribution < 1.29 is 0 Å². The third-order valence-corrected chi connectivity index (χ3v) is 1.37. The minimum atomic E-state index is 0. The van der Waals surface area contributed by atoms with Crippen LogP contribution in [-0.4, -0.2) is 12.4 Å². The van der Waals surface area contributed by atoms with Gasteiger partial charge in [-0.15, -0.1) is 12.4 Å². The van der Waals surface area contributed by atoms with Crippen molar-refractivity contribution in [2.24, 2.45) is 16.1 Å². The summed E-state index contributed by atoms with van der Waals surface area (Å²) in [6.07, 6.45) is 0.965. The third kappa shape index (κ3) is 2.22. The molecule has 2 nitrogen and oxygen atoms in total. The molecule has 54 valence electrons. The summed E-state index contributed by atoms with van der Waals surface area (Å²) in [6.45, 7) is 5.26. The van der Waals surface area contributed by atoms with Crippen LogP contribution in [0, 0.1) is 5.41 Å². The maximum absolute atomic E-state index is 5.46. The van der Waals surface area contributed by atoms with Crippen molar-refractivity contribution >= 4 is 18.2 Å². The Bertz CT molecular complexity index is 129. The van der Waals surface area contributed by atoms with Crippen molar-refractivity contribution in [1.29, 1.82) is 0 Å². The first-order chi connectivity index (χ1) is 3.60. The predicted octanol–water partition coefficient (Wildman–Crippen LogP) is 1.20. The Morgan fingerprint density at radius 3 is 2.22 bits per heavy atom. The van der Waals surface area contributed by atoms with Crippen LogP contribution in [0.15, 0.2) is 4.99 Å². The largest absolute Gasteiger partial charge is 0.387 e. The van der Waals surface area contributed by atoms with Crippen molar-refractivity contribution in [3.63, 3.8) is 0 Å². The second-order valence-corrected chi connectivity index (χ2v) is 3.15. The van der Waals surface area contributed by atoms with Crippen molar-refractivity contribution in [1.82, 2.24) is 0 Å². The molecule has 0 bridgehead atoms. The van der Waals surface area contributed by atoms with E-state index < -0.39 is 0 Å². The summed E-state index contributed by atoms with van der Waals surface area (Å²) in [5.41, 5.74) is 5.80. The van der Waals surface area contributed by atoms with Crippen molar-refractivity contribution in [2.75, 3.05) is 6.54 Å². The highest BCUT2D eigenvalue weighted by atomic mass is 35.5. The maximum Gasteiger partial charge on any atom is 0.0943 e. The Morgan fingerprint density at radius 1 is 1.56 bits per heavy atom. The van der Waals surface area contributed by atoms with Crippen LogP contribution >= 0.6 is 12.4 Å². The standard InChI is InChI=1S/C6H12N2.ClH/c1-6(2)3-5(7)8-4-6;/h3-4H2,1-2H3,(H2,7,8);1H. The molecule has 1 heterocycles. The second-order valence-electron chi connectivity index (χ2n) is 3.15. The first kappa shape index (κ1) is 8.76. The molecular formula is C6H13ClN2. The van der Waals surface area contributed by atoms with Gasteiger partial charge in [-0.2, -0.15) is 0 Å². The fourth-order valence-electron chi connectivity index (χ4n) is 0.918. The summed E-state index contributed by atoms with van der Waals surface area (Å²) in [6, 6.07) is 0. The van der Waals surface area contributed by atoms with E-state index in [0.29, 0.717) is 5.41 Å². The number of hydrogen-bond donors (Lipinski definition) is 1. The summed E-state index contributed by atoms with van der Waals surface area (Å²) in [5, 5.41) is 0. The number of rotatable bonds is 0. The van der Waals surface area contributed by atoms with Gasteiger partial charge in [0.2, 0.25) is 0 Å². The Labute approximate surface area is 61.9 Å². The van der Waals surface area contributed by atoms with Gasteiger partial charge >= 0.3 is 0 Å². The van der Waals surface area contributed by atoms with E-state index in [0.717, 1.165) is 18.8 Å². The monoisotopic (exact) mass is 148 g/mol. The lowest BCUT2D eigenvalue weighted by atomic mass is 9.92. The van der Waals surface area contributed by atoms with E-state index in [9.17, 15) is 0 Å². The molecule has 0 radical (unpaired) electrons. The molecule has 0 aromatic rings. The van der Waals surface area contributed by atoms with E-state index in [4.69, 9.17) is 5.73 Å². The fourth-order valence-corrected chi connectivity index (χ4v) is 0.918. The lowest BCUT2D eigenvalue weighted by Crippen LogP contribution is -2.15. The molecule has 0 saturated carbocycles. The lowest BCUT2D eigenvalue weighted by molar-refractivity contribution is 0.422. The molecule has 2 N–H and O–H groups in total. The average molecular weight is 149 g/mol. The molecule has 0 fully saturated rings. The van der Waals surface area contributed by atoms with Crippen molar-refractivity contribution in [3.8, 4) is 0 Å². The molecule has 1 aliphatic rings. The zero-order valence-electron chi connectivity index (χ0n) is 5.85. The molecule has 9 heavy (non-hydrogen) atoms. The maximum atomic E-state index is 5.46. The van der Waals surface area contributed by atoms with E-state index >= 15 is 0 Å². The van der Waals surface area contributed by atoms with Gasteiger partial charge in [-0.3, -0.25) is 4.99 Å². The van der Waals surface area contributed by atoms with Crippen LogP contribution in [-0.2, 0) is 0 Å². The minimum Gasteiger partial charge on any atom is -0.387 e. The summed E-state index contributed by atoms with van der Waals surface area (Å²) >= 11 is 0. The molecular weight excluding hydrogens is 136 g/mol. The summed E-state index contributed by atoms with van der Waals surface area (Å²) in [5.74, 6) is 0.815. The predicted molar refractivity (Wildman–Crippen MR) is 42.1 cm³/mol. The molecule has 0 spiro atoms. The topological polar surface area (TPSA) is 38.4 Å². The van der Waals surface area contributed by atoms with Gasteiger partial charge in [-0.25, -0.2) is 0 Å². The lowest BCUT2D eigenvalue weighted by Gasteiger charge is -2.12. The molecule has 1 rings (SSSR count). The summed E-state index contributed by atoms with van der Waals surface area (Å²) in [7, 11) is 0. The first-order valence-electron chi connectivity index (χ1n) is 2.89. The Kier molecular flexibility index (Phi) is 2.50. The molecule has 3 heteroatoms. The van der Waals surface area contributed by atoms with Crippen LogP contribution < -0.4 is 5.73 Å². The van der Waals surface area contributed by atoms with Gasteiger partial charge < -0.3 is 5.73 Å². The second kappa shape index (κ2) is 2.56. The van der Waals surface area contributed by atoms with Gasteiger partial charge in [0, 0.05) is 13.0 Å². The summed E-state index contributed by atoms with van der Waals surface area (Å²) in [4.78, 5) is 4.08.